The first kappa shape index (κ1) is 15.8. The van der Waals surface area contributed by atoms with E-state index in [0.29, 0.717) is 6.07 Å². The number of rotatable bonds is 0. The van der Waals surface area contributed by atoms with Gasteiger partial charge in [0.25, 0.3) is 0 Å². The molecule has 0 fully saturated rings. The summed E-state index contributed by atoms with van der Waals surface area (Å²) in [6, 6.07) is 0.300. The molecule has 0 unspecified atom stereocenters. The Morgan fingerprint density at radius 2 is 1.24 bits per heavy atom. The zero-order valence-corrected chi connectivity index (χ0v) is 10.7. The highest BCUT2D eigenvalue weighted by atomic mass is 19.4. The van der Waals surface area contributed by atoms with Crippen LogP contribution in [0.2, 0.25) is 0 Å². The van der Waals surface area contributed by atoms with Crippen LogP contribution in [-0.4, -0.2) is 11.8 Å². The summed E-state index contributed by atoms with van der Waals surface area (Å²) in [5, 5.41) is 0. The van der Waals surface area contributed by atoms with Crippen LogP contribution in [0, 0.1) is 13.8 Å². The van der Waals surface area contributed by atoms with Crippen LogP contribution >= 0.6 is 0 Å². The van der Waals surface area contributed by atoms with Crippen molar-refractivity contribution in [2.45, 2.75) is 37.5 Å². The third-order valence-electron chi connectivity index (χ3n) is 3.67. The number of hydrogen-bond donors (Lipinski definition) is 1. The van der Waals surface area contributed by atoms with Crippen LogP contribution < -0.4 is 5.73 Å². The van der Waals surface area contributed by atoms with Crippen LogP contribution in [-0.2, 0) is 11.8 Å². The first-order valence-electron chi connectivity index (χ1n) is 5.63. The van der Waals surface area contributed by atoms with Gasteiger partial charge in [-0.2, -0.15) is 35.1 Å². The topological polar surface area (TPSA) is 26.0 Å². The Morgan fingerprint density at radius 1 is 0.810 bits per heavy atom. The second-order valence-corrected chi connectivity index (χ2v) is 4.95. The molecule has 0 amide bonds. The minimum atomic E-state index is -6.25. The van der Waals surface area contributed by atoms with Crippen molar-refractivity contribution in [2.24, 2.45) is 0 Å². The summed E-state index contributed by atoms with van der Waals surface area (Å²) < 4.78 is 108. The molecule has 2 N–H and O–H groups in total. The number of nitrogens with two attached hydrogens (primary N) is 1. The molecular formula is C12H9F8N. The summed E-state index contributed by atoms with van der Waals surface area (Å²) in [4.78, 5) is 0. The maximum absolute atomic E-state index is 13.8. The molecule has 0 saturated carbocycles. The highest BCUT2D eigenvalue weighted by molar-refractivity contribution is 5.62. The Balaban J connectivity index is 3.02. The van der Waals surface area contributed by atoms with Crippen molar-refractivity contribution >= 4 is 5.69 Å². The molecule has 0 saturated heterocycles. The lowest BCUT2D eigenvalue weighted by Crippen LogP contribution is -2.64. The van der Waals surface area contributed by atoms with E-state index in [0.717, 1.165) is 13.8 Å². The van der Waals surface area contributed by atoms with Gasteiger partial charge in [0, 0.05) is 16.8 Å². The largest absolute Gasteiger partial charge is 0.398 e. The van der Waals surface area contributed by atoms with Crippen LogP contribution in [0.4, 0.5) is 40.8 Å². The number of alkyl halides is 8. The molecule has 0 radical (unpaired) electrons. The molecule has 0 bridgehead atoms. The summed E-state index contributed by atoms with van der Waals surface area (Å²) in [5.41, 5.74) is 0.331. The van der Waals surface area contributed by atoms with Crippen molar-refractivity contribution in [1.29, 1.82) is 0 Å². The Morgan fingerprint density at radius 3 is 1.71 bits per heavy atom. The van der Waals surface area contributed by atoms with E-state index in [-0.39, 0.29) is 5.56 Å². The molecule has 9 heteroatoms. The molecule has 21 heavy (non-hydrogen) atoms. The maximum atomic E-state index is 13.8. The van der Waals surface area contributed by atoms with Crippen molar-refractivity contribution in [3.63, 3.8) is 0 Å². The van der Waals surface area contributed by atoms with E-state index in [2.05, 4.69) is 0 Å². The second kappa shape index (κ2) is 3.80. The average molecular weight is 319 g/mol. The van der Waals surface area contributed by atoms with Gasteiger partial charge in [-0.1, -0.05) is 0 Å². The van der Waals surface area contributed by atoms with E-state index < -0.39 is 46.1 Å². The average Bonchev–Trinajstić information content (AvgIpc) is 2.32. The third kappa shape index (κ3) is 1.51. The van der Waals surface area contributed by atoms with Crippen molar-refractivity contribution in [1.82, 2.24) is 0 Å². The lowest BCUT2D eigenvalue weighted by atomic mass is 9.77. The molecule has 2 rings (SSSR count). The fourth-order valence-corrected chi connectivity index (χ4v) is 2.37. The van der Waals surface area contributed by atoms with E-state index in [1.807, 2.05) is 0 Å². The van der Waals surface area contributed by atoms with Gasteiger partial charge in [-0.15, -0.1) is 0 Å². The fraction of sp³-hybridized carbons (Fsp3) is 0.500. The van der Waals surface area contributed by atoms with Crippen molar-refractivity contribution in [3.8, 4) is 0 Å². The molecule has 118 valence electrons. The normalized spacial score (nSPS) is 24.5. The summed E-state index contributed by atoms with van der Waals surface area (Å²) in [7, 11) is 0. The minimum absolute atomic E-state index is 0.178. The van der Waals surface area contributed by atoms with E-state index >= 15 is 0 Å². The minimum Gasteiger partial charge on any atom is -0.398 e. The smallest absolute Gasteiger partial charge is 0.382 e. The van der Waals surface area contributed by atoms with Gasteiger partial charge in [0.15, 0.2) is 0 Å². The summed E-state index contributed by atoms with van der Waals surface area (Å²) in [6.45, 7) is 1.94. The van der Waals surface area contributed by atoms with E-state index in [4.69, 9.17) is 5.73 Å². The fourth-order valence-electron chi connectivity index (χ4n) is 2.37. The van der Waals surface area contributed by atoms with Crippen LogP contribution in [0.25, 0.3) is 0 Å². The van der Waals surface area contributed by atoms with Gasteiger partial charge in [0.2, 0.25) is 0 Å². The number of aryl methyl sites for hydroxylation is 1. The molecule has 0 heterocycles. The van der Waals surface area contributed by atoms with Gasteiger partial charge in [-0.25, -0.2) is 0 Å². The number of halogens is 8. The van der Waals surface area contributed by atoms with Gasteiger partial charge in [0.05, 0.1) is 0 Å². The Kier molecular flexibility index (Phi) is 2.87. The molecule has 1 aromatic rings. The number of fused-ring (bicyclic) bond motifs is 1. The van der Waals surface area contributed by atoms with Crippen molar-refractivity contribution in [3.05, 3.63) is 28.3 Å². The number of hydrogen-bond acceptors (Lipinski definition) is 1. The molecule has 1 aliphatic carbocycles. The van der Waals surface area contributed by atoms with Crippen LogP contribution in [0.3, 0.4) is 0 Å². The van der Waals surface area contributed by atoms with Crippen LogP contribution in [0.1, 0.15) is 22.3 Å². The molecule has 0 atom stereocenters. The van der Waals surface area contributed by atoms with Gasteiger partial charge in [-0.05, 0) is 31.0 Å². The van der Waals surface area contributed by atoms with Crippen molar-refractivity contribution < 1.29 is 35.1 Å². The zero-order valence-electron chi connectivity index (χ0n) is 10.7. The van der Waals surface area contributed by atoms with Gasteiger partial charge in [-0.3, -0.25) is 0 Å². The maximum Gasteiger partial charge on any atom is 0.382 e. The second-order valence-electron chi connectivity index (χ2n) is 4.95. The van der Waals surface area contributed by atoms with E-state index in [9.17, 15) is 35.1 Å². The molecule has 1 aliphatic rings. The van der Waals surface area contributed by atoms with Crippen molar-refractivity contribution in [2.75, 3.05) is 5.73 Å². The zero-order chi connectivity index (χ0) is 16.6. The molecule has 0 aromatic heterocycles. The predicted octanol–water partition coefficient (Wildman–Crippen LogP) is 4.35. The number of nitrogen functional groups attached to an aromatic ring is 1. The van der Waals surface area contributed by atoms with Crippen LogP contribution in [0.15, 0.2) is 6.07 Å². The SMILES string of the molecule is Cc1cc2c(c(C)c1N)C(F)(F)C(F)(F)C(F)(F)C2(F)F. The van der Waals surface area contributed by atoms with E-state index in [1.165, 1.54) is 0 Å². The summed E-state index contributed by atoms with van der Waals surface area (Å²) in [6.07, 6.45) is 0. The molecule has 1 nitrogen and oxygen atoms in total. The quantitative estimate of drug-likeness (QED) is 0.558. The number of benzene rings is 1. The van der Waals surface area contributed by atoms with Gasteiger partial charge < -0.3 is 5.73 Å². The summed E-state index contributed by atoms with van der Waals surface area (Å²) in [5.74, 6) is -23.4. The lowest BCUT2D eigenvalue weighted by Gasteiger charge is -2.43. The first-order chi connectivity index (χ1) is 9.21. The number of anilines is 1. The Labute approximate surface area is 113 Å². The predicted molar refractivity (Wildman–Crippen MR) is 58.0 cm³/mol. The highest BCUT2D eigenvalue weighted by Gasteiger charge is 2.85. The standard InChI is InChI=1S/C12H9F8N/c1-4-3-6-7(5(2)8(4)21)10(15,16)12(19,20)11(17,18)9(6,13)14/h3H,21H2,1-2H3. The highest BCUT2D eigenvalue weighted by Crippen LogP contribution is 2.65. The molecule has 0 spiro atoms. The van der Waals surface area contributed by atoms with Gasteiger partial charge >= 0.3 is 23.7 Å². The molecule has 0 aliphatic heterocycles. The Bertz CT molecular complexity index is 620. The molecule has 1 aromatic carbocycles. The monoisotopic (exact) mass is 319 g/mol. The van der Waals surface area contributed by atoms with Gasteiger partial charge in [0.1, 0.15) is 0 Å². The van der Waals surface area contributed by atoms with Crippen LogP contribution in [0.5, 0.6) is 0 Å². The lowest BCUT2D eigenvalue weighted by molar-refractivity contribution is -0.386. The third-order valence-corrected chi connectivity index (χ3v) is 3.67. The molecular weight excluding hydrogens is 310 g/mol. The first-order valence-corrected chi connectivity index (χ1v) is 5.63. The Hall–Kier alpha value is -1.54. The van der Waals surface area contributed by atoms with E-state index in [1.54, 1.807) is 0 Å². The summed E-state index contributed by atoms with van der Waals surface area (Å²) >= 11 is 0.